The molecule has 2 N–H and O–H groups in total. The van der Waals surface area contributed by atoms with Crippen LogP contribution in [0.1, 0.15) is 30.7 Å². The Bertz CT molecular complexity index is 769. The zero-order valence-electron chi connectivity index (χ0n) is 13.3. The number of rotatable bonds is 7. The van der Waals surface area contributed by atoms with Crippen LogP contribution in [0.4, 0.5) is 0 Å². The summed E-state index contributed by atoms with van der Waals surface area (Å²) in [5.74, 6) is 1.38. The van der Waals surface area contributed by atoms with E-state index >= 15 is 0 Å². The van der Waals surface area contributed by atoms with Gasteiger partial charge in [0.05, 0.1) is 0 Å². The van der Waals surface area contributed by atoms with Gasteiger partial charge in [0.2, 0.25) is 17.6 Å². The topological polar surface area (TPSA) is 110 Å². The number of nitrogens with one attached hydrogen (secondary N) is 2. The first kappa shape index (κ1) is 15.9. The number of H-pyrrole nitrogens is 1. The second-order valence-electron chi connectivity index (χ2n) is 5.46. The fraction of sp³-hybridized carbons (Fsp3) is 0.312. The van der Waals surface area contributed by atoms with Crippen LogP contribution in [0.2, 0.25) is 0 Å². The first-order chi connectivity index (χ1) is 11.7. The Morgan fingerprint density at radius 1 is 1.33 bits per heavy atom. The second-order valence-corrected chi connectivity index (χ2v) is 5.46. The van der Waals surface area contributed by atoms with E-state index in [0.29, 0.717) is 36.9 Å². The highest BCUT2D eigenvalue weighted by Crippen LogP contribution is 2.13. The Labute approximate surface area is 138 Å². The number of aryl methyl sites for hydroxylation is 1. The zero-order valence-corrected chi connectivity index (χ0v) is 13.3. The Morgan fingerprint density at radius 2 is 2.17 bits per heavy atom. The van der Waals surface area contributed by atoms with Gasteiger partial charge in [-0.3, -0.25) is 9.89 Å². The molecule has 0 saturated carbocycles. The molecule has 0 fully saturated rings. The van der Waals surface area contributed by atoms with Crippen molar-refractivity contribution in [2.45, 2.75) is 25.7 Å². The van der Waals surface area contributed by atoms with Crippen LogP contribution in [0.15, 0.2) is 41.2 Å². The van der Waals surface area contributed by atoms with Crippen LogP contribution in [0, 0.1) is 0 Å². The number of aromatic nitrogens is 5. The molecule has 0 aliphatic carbocycles. The molecule has 3 aromatic rings. The van der Waals surface area contributed by atoms with Crippen LogP contribution < -0.4 is 5.32 Å². The van der Waals surface area contributed by atoms with Crippen molar-refractivity contribution < 1.29 is 9.32 Å². The lowest BCUT2D eigenvalue weighted by molar-refractivity contribution is -0.121. The number of carbonyl (C=O) groups is 1. The number of hydrogen-bond acceptors (Lipinski definition) is 6. The van der Waals surface area contributed by atoms with Gasteiger partial charge in [-0.2, -0.15) is 10.1 Å². The highest BCUT2D eigenvalue weighted by Gasteiger charge is 2.13. The lowest BCUT2D eigenvalue weighted by Crippen LogP contribution is -2.27. The predicted molar refractivity (Wildman–Crippen MR) is 85.9 cm³/mol. The van der Waals surface area contributed by atoms with E-state index in [-0.39, 0.29) is 11.8 Å². The Balaban J connectivity index is 1.44. The average molecular weight is 326 g/mol. The molecule has 8 nitrogen and oxygen atoms in total. The van der Waals surface area contributed by atoms with Crippen LogP contribution >= 0.6 is 0 Å². The predicted octanol–water partition coefficient (Wildman–Crippen LogP) is 1.71. The SMILES string of the molecule is C[C@H](CNC(=O)CCc1nc(-c2ncn[nH]2)no1)c1ccccc1. The molecule has 2 aromatic heterocycles. The lowest BCUT2D eigenvalue weighted by atomic mass is 10.0. The minimum Gasteiger partial charge on any atom is -0.355 e. The monoisotopic (exact) mass is 326 g/mol. The molecule has 24 heavy (non-hydrogen) atoms. The molecule has 0 aliphatic rings. The Morgan fingerprint density at radius 3 is 2.92 bits per heavy atom. The number of aromatic amines is 1. The molecule has 0 bridgehead atoms. The standard InChI is InChI=1S/C16H18N6O2/c1-11(12-5-3-2-4-6-12)9-17-13(23)7-8-14-20-16(22-24-14)15-18-10-19-21-15/h2-6,10-11H,7-9H2,1H3,(H,17,23)(H,18,19,21)/t11-/m1/s1. The molecule has 1 amide bonds. The Kier molecular flexibility index (Phi) is 4.95. The molecular weight excluding hydrogens is 308 g/mol. The summed E-state index contributed by atoms with van der Waals surface area (Å²) in [6, 6.07) is 10.1. The molecule has 0 saturated heterocycles. The van der Waals surface area contributed by atoms with Gasteiger partial charge in [0.1, 0.15) is 6.33 Å². The highest BCUT2D eigenvalue weighted by molar-refractivity contribution is 5.76. The summed E-state index contributed by atoms with van der Waals surface area (Å²) in [6.07, 6.45) is 2.04. The largest absolute Gasteiger partial charge is 0.355 e. The molecule has 8 heteroatoms. The van der Waals surface area contributed by atoms with Crippen molar-refractivity contribution in [1.29, 1.82) is 0 Å². The van der Waals surface area contributed by atoms with E-state index in [2.05, 4.69) is 49.7 Å². The molecule has 1 aromatic carbocycles. The van der Waals surface area contributed by atoms with Crippen molar-refractivity contribution in [1.82, 2.24) is 30.6 Å². The molecule has 1 atom stereocenters. The minimum atomic E-state index is -0.0443. The third-order valence-electron chi connectivity index (χ3n) is 3.63. The molecule has 2 heterocycles. The maximum atomic E-state index is 12.0. The second kappa shape index (κ2) is 7.49. The number of nitrogens with zero attached hydrogens (tertiary/aromatic N) is 4. The van der Waals surface area contributed by atoms with Gasteiger partial charge in [0, 0.05) is 19.4 Å². The third kappa shape index (κ3) is 4.03. The van der Waals surface area contributed by atoms with Crippen molar-refractivity contribution in [3.8, 4) is 11.6 Å². The van der Waals surface area contributed by atoms with E-state index in [1.807, 2.05) is 18.2 Å². The van der Waals surface area contributed by atoms with E-state index in [4.69, 9.17) is 4.52 Å². The van der Waals surface area contributed by atoms with E-state index in [1.54, 1.807) is 0 Å². The highest BCUT2D eigenvalue weighted by atomic mass is 16.5. The summed E-state index contributed by atoms with van der Waals surface area (Å²) >= 11 is 0. The fourth-order valence-electron chi connectivity index (χ4n) is 2.24. The summed E-state index contributed by atoms with van der Waals surface area (Å²) in [4.78, 5) is 20.1. The van der Waals surface area contributed by atoms with Gasteiger partial charge in [0.25, 0.3) is 0 Å². The molecule has 0 aliphatic heterocycles. The summed E-state index contributed by atoms with van der Waals surface area (Å²) in [6.45, 7) is 2.67. The van der Waals surface area contributed by atoms with Crippen molar-refractivity contribution >= 4 is 5.91 Å². The lowest BCUT2D eigenvalue weighted by Gasteiger charge is -2.12. The maximum absolute atomic E-state index is 12.0. The number of amides is 1. The molecular formula is C16H18N6O2. The quantitative estimate of drug-likeness (QED) is 0.684. The molecule has 0 unspecified atom stereocenters. The normalized spacial score (nSPS) is 12.0. The first-order valence-electron chi connectivity index (χ1n) is 7.72. The van der Waals surface area contributed by atoms with Crippen LogP contribution in [0.5, 0.6) is 0 Å². The Hall–Kier alpha value is -3.03. The molecule has 3 rings (SSSR count). The van der Waals surface area contributed by atoms with E-state index < -0.39 is 0 Å². The van der Waals surface area contributed by atoms with Gasteiger partial charge >= 0.3 is 0 Å². The number of carbonyl (C=O) groups excluding carboxylic acids is 1. The van der Waals surface area contributed by atoms with Crippen molar-refractivity contribution in [2.24, 2.45) is 0 Å². The number of hydrogen-bond donors (Lipinski definition) is 2. The summed E-state index contributed by atoms with van der Waals surface area (Å²) in [5, 5.41) is 13.1. The first-order valence-corrected chi connectivity index (χ1v) is 7.72. The van der Waals surface area contributed by atoms with Crippen LogP contribution in [-0.4, -0.2) is 37.8 Å². The fourth-order valence-corrected chi connectivity index (χ4v) is 2.24. The van der Waals surface area contributed by atoms with E-state index in [9.17, 15) is 4.79 Å². The minimum absolute atomic E-state index is 0.0443. The van der Waals surface area contributed by atoms with Gasteiger partial charge in [-0.05, 0) is 11.5 Å². The average Bonchev–Trinajstić information content (AvgIpc) is 3.29. The molecule has 124 valence electrons. The van der Waals surface area contributed by atoms with Crippen molar-refractivity contribution in [3.63, 3.8) is 0 Å². The van der Waals surface area contributed by atoms with Gasteiger partial charge in [0.15, 0.2) is 5.82 Å². The zero-order chi connectivity index (χ0) is 16.8. The van der Waals surface area contributed by atoms with Gasteiger partial charge < -0.3 is 9.84 Å². The third-order valence-corrected chi connectivity index (χ3v) is 3.63. The van der Waals surface area contributed by atoms with Crippen LogP contribution in [-0.2, 0) is 11.2 Å². The smallest absolute Gasteiger partial charge is 0.239 e. The summed E-state index contributed by atoms with van der Waals surface area (Å²) < 4.78 is 5.10. The molecule has 0 spiro atoms. The van der Waals surface area contributed by atoms with Crippen LogP contribution in [0.25, 0.3) is 11.6 Å². The van der Waals surface area contributed by atoms with E-state index in [0.717, 1.165) is 0 Å². The van der Waals surface area contributed by atoms with Crippen LogP contribution in [0.3, 0.4) is 0 Å². The molecule has 0 radical (unpaired) electrons. The number of benzene rings is 1. The summed E-state index contributed by atoms with van der Waals surface area (Å²) in [7, 11) is 0. The van der Waals surface area contributed by atoms with Gasteiger partial charge in [-0.25, -0.2) is 4.98 Å². The van der Waals surface area contributed by atoms with Crippen molar-refractivity contribution in [3.05, 3.63) is 48.1 Å². The summed E-state index contributed by atoms with van der Waals surface area (Å²) in [5.41, 5.74) is 1.20. The maximum Gasteiger partial charge on any atom is 0.239 e. The van der Waals surface area contributed by atoms with Crippen molar-refractivity contribution in [2.75, 3.05) is 6.54 Å². The van der Waals surface area contributed by atoms with Gasteiger partial charge in [-0.15, -0.1) is 0 Å². The van der Waals surface area contributed by atoms with E-state index in [1.165, 1.54) is 11.9 Å². The van der Waals surface area contributed by atoms with Gasteiger partial charge in [-0.1, -0.05) is 42.4 Å².